The second-order valence-corrected chi connectivity index (χ2v) is 5.70. The average molecular weight is 261 g/mol. The number of rotatable bonds is 5. The molecule has 4 heteroatoms. The molecule has 0 aromatic heterocycles. The van der Waals surface area contributed by atoms with Gasteiger partial charge in [0.25, 0.3) is 0 Å². The Kier molecular flexibility index (Phi) is 3.60. The van der Waals surface area contributed by atoms with E-state index >= 15 is 0 Å². The highest BCUT2D eigenvalue weighted by molar-refractivity contribution is 5.91. The molecular weight excluding hydrogens is 242 g/mol. The Morgan fingerprint density at radius 2 is 1.84 bits per heavy atom. The van der Waals surface area contributed by atoms with E-state index in [1.165, 1.54) is 0 Å². The molecule has 1 aromatic carbocycles. The van der Waals surface area contributed by atoms with Gasteiger partial charge < -0.3 is 10.4 Å². The van der Waals surface area contributed by atoms with Gasteiger partial charge in [0.15, 0.2) is 0 Å². The molecule has 19 heavy (non-hydrogen) atoms. The molecule has 2 rings (SSSR count). The standard InChI is InChI=1S/C15H19NO3/c1-15(2,14(18)19)11-5-7-12(8-6-11)16-13(17)9-10-3-4-10/h5-8,10H,3-4,9H2,1-2H3,(H,16,17)(H,18,19). The number of nitrogens with one attached hydrogen (secondary N) is 1. The summed E-state index contributed by atoms with van der Waals surface area (Å²) in [6.07, 6.45) is 2.89. The van der Waals surface area contributed by atoms with E-state index in [1.807, 2.05) is 0 Å². The van der Waals surface area contributed by atoms with E-state index in [-0.39, 0.29) is 5.91 Å². The molecule has 1 aliphatic rings. The Balaban J connectivity index is 2.01. The van der Waals surface area contributed by atoms with Crippen molar-refractivity contribution in [2.45, 2.75) is 38.5 Å². The van der Waals surface area contributed by atoms with Gasteiger partial charge in [-0.05, 0) is 50.3 Å². The van der Waals surface area contributed by atoms with Gasteiger partial charge in [0.1, 0.15) is 0 Å². The van der Waals surface area contributed by atoms with Crippen LogP contribution in [0, 0.1) is 5.92 Å². The number of hydrogen-bond donors (Lipinski definition) is 2. The van der Waals surface area contributed by atoms with Crippen molar-refractivity contribution in [1.29, 1.82) is 0 Å². The van der Waals surface area contributed by atoms with E-state index < -0.39 is 11.4 Å². The smallest absolute Gasteiger partial charge is 0.313 e. The lowest BCUT2D eigenvalue weighted by Crippen LogP contribution is -2.28. The highest BCUT2D eigenvalue weighted by Crippen LogP contribution is 2.32. The van der Waals surface area contributed by atoms with Gasteiger partial charge in [-0.3, -0.25) is 9.59 Å². The van der Waals surface area contributed by atoms with Crippen molar-refractivity contribution in [1.82, 2.24) is 0 Å². The van der Waals surface area contributed by atoms with E-state index in [0.717, 1.165) is 24.1 Å². The number of anilines is 1. The quantitative estimate of drug-likeness (QED) is 0.856. The first-order valence-corrected chi connectivity index (χ1v) is 6.53. The zero-order chi connectivity index (χ0) is 14.0. The van der Waals surface area contributed by atoms with E-state index in [0.29, 0.717) is 12.3 Å². The summed E-state index contributed by atoms with van der Waals surface area (Å²) < 4.78 is 0. The molecular formula is C15H19NO3. The van der Waals surface area contributed by atoms with E-state index in [4.69, 9.17) is 5.11 Å². The van der Waals surface area contributed by atoms with Gasteiger partial charge in [0, 0.05) is 12.1 Å². The van der Waals surface area contributed by atoms with Gasteiger partial charge in [-0.25, -0.2) is 0 Å². The van der Waals surface area contributed by atoms with Crippen molar-refractivity contribution in [3.63, 3.8) is 0 Å². The number of hydrogen-bond acceptors (Lipinski definition) is 2. The second kappa shape index (κ2) is 5.03. The average Bonchev–Trinajstić information content (AvgIpc) is 3.13. The fourth-order valence-corrected chi connectivity index (χ4v) is 1.89. The SMILES string of the molecule is CC(C)(C(=O)O)c1ccc(NC(=O)CC2CC2)cc1. The van der Waals surface area contributed by atoms with Gasteiger partial charge in [0.2, 0.25) is 5.91 Å². The highest BCUT2D eigenvalue weighted by atomic mass is 16.4. The molecule has 102 valence electrons. The lowest BCUT2D eigenvalue weighted by molar-refractivity contribution is -0.142. The summed E-state index contributed by atoms with van der Waals surface area (Å²) in [4.78, 5) is 22.8. The van der Waals surface area contributed by atoms with Crippen LogP contribution in [0.25, 0.3) is 0 Å². The Hall–Kier alpha value is -1.84. The van der Waals surface area contributed by atoms with Gasteiger partial charge in [-0.2, -0.15) is 0 Å². The Morgan fingerprint density at radius 3 is 2.32 bits per heavy atom. The molecule has 1 saturated carbocycles. The zero-order valence-electron chi connectivity index (χ0n) is 11.3. The third-order valence-corrected chi connectivity index (χ3v) is 3.60. The minimum atomic E-state index is -0.920. The normalized spacial score (nSPS) is 15.1. The fraction of sp³-hybridized carbons (Fsp3) is 0.467. The zero-order valence-corrected chi connectivity index (χ0v) is 11.3. The highest BCUT2D eigenvalue weighted by Gasteiger charge is 2.29. The molecule has 0 heterocycles. The number of aliphatic carboxylic acids is 1. The van der Waals surface area contributed by atoms with E-state index in [1.54, 1.807) is 38.1 Å². The Morgan fingerprint density at radius 1 is 1.26 bits per heavy atom. The van der Waals surface area contributed by atoms with Crippen LogP contribution in [0.3, 0.4) is 0 Å². The van der Waals surface area contributed by atoms with Crippen LogP contribution in [-0.4, -0.2) is 17.0 Å². The van der Waals surface area contributed by atoms with Crippen molar-refractivity contribution < 1.29 is 14.7 Å². The van der Waals surface area contributed by atoms with Crippen molar-refractivity contribution in [3.05, 3.63) is 29.8 Å². The largest absolute Gasteiger partial charge is 0.481 e. The first kappa shape index (κ1) is 13.6. The summed E-state index contributed by atoms with van der Waals surface area (Å²) in [6.45, 7) is 3.33. The Labute approximate surface area is 112 Å². The molecule has 0 bridgehead atoms. The number of carboxylic acids is 1. The van der Waals surface area contributed by atoms with Crippen LogP contribution in [0.1, 0.15) is 38.7 Å². The minimum absolute atomic E-state index is 0.0349. The summed E-state index contributed by atoms with van der Waals surface area (Å²) >= 11 is 0. The van der Waals surface area contributed by atoms with Crippen LogP contribution in [0.15, 0.2) is 24.3 Å². The van der Waals surface area contributed by atoms with Crippen molar-refractivity contribution >= 4 is 17.6 Å². The first-order chi connectivity index (χ1) is 8.89. The van der Waals surface area contributed by atoms with E-state index in [9.17, 15) is 9.59 Å². The van der Waals surface area contributed by atoms with Gasteiger partial charge >= 0.3 is 5.97 Å². The van der Waals surface area contributed by atoms with Crippen LogP contribution >= 0.6 is 0 Å². The monoisotopic (exact) mass is 261 g/mol. The van der Waals surface area contributed by atoms with Crippen molar-refractivity contribution in [2.75, 3.05) is 5.32 Å². The summed E-state index contributed by atoms with van der Waals surface area (Å²) in [5.74, 6) is -0.268. The molecule has 2 N–H and O–H groups in total. The lowest BCUT2D eigenvalue weighted by atomic mass is 9.85. The van der Waals surface area contributed by atoms with Crippen LogP contribution in [0.5, 0.6) is 0 Å². The maximum atomic E-state index is 11.6. The topological polar surface area (TPSA) is 66.4 Å². The molecule has 4 nitrogen and oxygen atoms in total. The van der Waals surface area contributed by atoms with Crippen LogP contribution in [-0.2, 0) is 15.0 Å². The third-order valence-electron chi connectivity index (χ3n) is 3.60. The van der Waals surface area contributed by atoms with Crippen molar-refractivity contribution in [2.24, 2.45) is 5.92 Å². The summed E-state index contributed by atoms with van der Waals surface area (Å²) in [5.41, 5.74) is 0.520. The number of amides is 1. The Bertz CT molecular complexity index is 487. The summed E-state index contributed by atoms with van der Waals surface area (Å²) in [6, 6.07) is 7.01. The van der Waals surface area contributed by atoms with Crippen LogP contribution in [0.4, 0.5) is 5.69 Å². The van der Waals surface area contributed by atoms with Crippen molar-refractivity contribution in [3.8, 4) is 0 Å². The second-order valence-electron chi connectivity index (χ2n) is 5.70. The molecule has 0 aliphatic heterocycles. The molecule has 0 radical (unpaired) electrons. The number of carbonyl (C=O) groups is 2. The minimum Gasteiger partial charge on any atom is -0.481 e. The number of carbonyl (C=O) groups excluding carboxylic acids is 1. The fourth-order valence-electron chi connectivity index (χ4n) is 1.89. The maximum Gasteiger partial charge on any atom is 0.313 e. The van der Waals surface area contributed by atoms with Crippen LogP contribution < -0.4 is 5.32 Å². The van der Waals surface area contributed by atoms with Gasteiger partial charge in [0.05, 0.1) is 5.41 Å². The van der Waals surface area contributed by atoms with Gasteiger partial charge in [-0.1, -0.05) is 12.1 Å². The molecule has 0 unspecified atom stereocenters. The molecule has 0 atom stereocenters. The summed E-state index contributed by atoms with van der Waals surface area (Å²) in [7, 11) is 0. The molecule has 0 saturated heterocycles. The summed E-state index contributed by atoms with van der Waals surface area (Å²) in [5, 5.41) is 12.0. The van der Waals surface area contributed by atoms with Crippen LogP contribution in [0.2, 0.25) is 0 Å². The maximum absolute atomic E-state index is 11.6. The third kappa shape index (κ3) is 3.34. The molecule has 1 amide bonds. The van der Waals surface area contributed by atoms with Gasteiger partial charge in [-0.15, -0.1) is 0 Å². The predicted molar refractivity (Wildman–Crippen MR) is 73.1 cm³/mol. The molecule has 1 aromatic rings. The van der Waals surface area contributed by atoms with E-state index in [2.05, 4.69) is 5.32 Å². The predicted octanol–water partition coefficient (Wildman–Crippen LogP) is 2.79. The molecule has 1 aliphatic carbocycles. The number of carboxylic acid groups (broad SMARTS) is 1. The molecule has 0 spiro atoms. The first-order valence-electron chi connectivity index (χ1n) is 6.53. The molecule has 1 fully saturated rings. The number of benzene rings is 1. The lowest BCUT2D eigenvalue weighted by Gasteiger charge is -2.19.